The van der Waals surface area contributed by atoms with E-state index in [1.165, 1.54) is 25.7 Å². The normalized spacial score (nSPS) is 20.2. The fraction of sp³-hybridized carbons (Fsp3) is 0.833. The van der Waals surface area contributed by atoms with Crippen molar-refractivity contribution < 1.29 is 0 Å². The summed E-state index contributed by atoms with van der Waals surface area (Å²) in [7, 11) is 0. The Bertz CT molecular complexity index is 158. The smallest absolute Gasteiger partial charge is 0.01000 e. The predicted octanol–water partition coefficient (Wildman–Crippen LogP) is 3.25. The topological polar surface area (TPSA) is 26.0 Å². The highest BCUT2D eigenvalue weighted by atomic mass is 14.7. The van der Waals surface area contributed by atoms with Crippen LogP contribution in [0.5, 0.6) is 0 Å². The first-order chi connectivity index (χ1) is 6.08. The Morgan fingerprint density at radius 1 is 1.31 bits per heavy atom. The largest absolute Gasteiger partial charge is 0.326 e. The van der Waals surface area contributed by atoms with Crippen molar-refractivity contribution in [2.75, 3.05) is 0 Å². The zero-order chi connectivity index (χ0) is 9.73. The lowest BCUT2D eigenvalue weighted by molar-refractivity contribution is 0.480. The van der Waals surface area contributed by atoms with E-state index in [0.29, 0.717) is 0 Å². The Labute approximate surface area is 82.4 Å². The molecule has 0 atom stereocenters. The molecule has 1 aliphatic carbocycles. The summed E-state index contributed by atoms with van der Waals surface area (Å²) in [6, 6.07) is 0. The Kier molecular flexibility index (Phi) is 3.98. The third-order valence-corrected chi connectivity index (χ3v) is 2.76. The molecule has 1 rings (SSSR count). The average molecular weight is 181 g/mol. The zero-order valence-electron chi connectivity index (χ0n) is 9.05. The minimum Gasteiger partial charge on any atom is -0.326 e. The van der Waals surface area contributed by atoms with E-state index in [-0.39, 0.29) is 5.54 Å². The van der Waals surface area contributed by atoms with Crippen LogP contribution in [-0.2, 0) is 0 Å². The number of hydrogen-bond acceptors (Lipinski definition) is 1. The van der Waals surface area contributed by atoms with Crippen molar-refractivity contribution in [1.82, 2.24) is 0 Å². The van der Waals surface area contributed by atoms with Gasteiger partial charge >= 0.3 is 0 Å². The van der Waals surface area contributed by atoms with Crippen LogP contribution in [0.15, 0.2) is 12.2 Å². The summed E-state index contributed by atoms with van der Waals surface area (Å²) in [5, 5.41) is 0. The minimum absolute atomic E-state index is 0.0000158. The summed E-state index contributed by atoms with van der Waals surface area (Å²) >= 11 is 0. The molecule has 0 aromatic rings. The Morgan fingerprint density at radius 2 is 1.92 bits per heavy atom. The van der Waals surface area contributed by atoms with Crippen LogP contribution in [0.2, 0.25) is 0 Å². The lowest BCUT2D eigenvalue weighted by Gasteiger charge is -2.16. The van der Waals surface area contributed by atoms with Gasteiger partial charge in [0.15, 0.2) is 0 Å². The van der Waals surface area contributed by atoms with Crippen LogP contribution in [0, 0.1) is 5.92 Å². The van der Waals surface area contributed by atoms with E-state index < -0.39 is 0 Å². The fourth-order valence-corrected chi connectivity index (χ4v) is 1.89. The molecule has 1 aliphatic rings. The molecule has 2 N–H and O–H groups in total. The number of hydrogen-bond donors (Lipinski definition) is 1. The first-order valence-corrected chi connectivity index (χ1v) is 5.53. The molecule has 0 aromatic carbocycles. The van der Waals surface area contributed by atoms with Crippen LogP contribution in [0.3, 0.4) is 0 Å². The van der Waals surface area contributed by atoms with Gasteiger partial charge in [-0.1, -0.05) is 25.0 Å². The van der Waals surface area contributed by atoms with E-state index in [9.17, 15) is 0 Å². The molecule has 0 aliphatic heterocycles. The predicted molar refractivity (Wildman–Crippen MR) is 58.6 cm³/mol. The van der Waals surface area contributed by atoms with Gasteiger partial charge < -0.3 is 5.73 Å². The summed E-state index contributed by atoms with van der Waals surface area (Å²) in [5.41, 5.74) is 5.90. The molecule has 0 heterocycles. The van der Waals surface area contributed by atoms with Crippen molar-refractivity contribution in [2.45, 2.75) is 57.9 Å². The molecule has 1 heteroatoms. The van der Waals surface area contributed by atoms with E-state index >= 15 is 0 Å². The van der Waals surface area contributed by atoms with Gasteiger partial charge in [-0.3, -0.25) is 0 Å². The first kappa shape index (κ1) is 10.8. The van der Waals surface area contributed by atoms with Gasteiger partial charge in [0.25, 0.3) is 0 Å². The molecule has 1 saturated carbocycles. The molecule has 0 aromatic heterocycles. The van der Waals surface area contributed by atoms with Crippen molar-refractivity contribution in [1.29, 1.82) is 0 Å². The van der Waals surface area contributed by atoms with Crippen molar-refractivity contribution in [3.05, 3.63) is 12.2 Å². The maximum absolute atomic E-state index is 5.90. The summed E-state index contributed by atoms with van der Waals surface area (Å²) < 4.78 is 0. The summed E-state index contributed by atoms with van der Waals surface area (Å²) in [6.07, 6.45) is 12.6. The molecule has 0 saturated heterocycles. The Balaban J connectivity index is 2.10. The van der Waals surface area contributed by atoms with Crippen LogP contribution < -0.4 is 5.73 Å². The second-order valence-corrected chi connectivity index (χ2v) is 5.00. The molecule has 0 amide bonds. The van der Waals surface area contributed by atoms with Gasteiger partial charge in [-0.2, -0.15) is 0 Å². The molecule has 13 heavy (non-hydrogen) atoms. The van der Waals surface area contributed by atoms with Gasteiger partial charge in [0, 0.05) is 5.54 Å². The molecule has 1 fully saturated rings. The van der Waals surface area contributed by atoms with E-state index in [2.05, 4.69) is 26.0 Å². The average Bonchev–Trinajstić information content (AvgIpc) is 2.48. The van der Waals surface area contributed by atoms with Crippen LogP contribution in [0.25, 0.3) is 0 Å². The van der Waals surface area contributed by atoms with Crippen LogP contribution in [-0.4, -0.2) is 5.54 Å². The van der Waals surface area contributed by atoms with Gasteiger partial charge in [-0.25, -0.2) is 0 Å². The number of allylic oxidation sites excluding steroid dienone is 2. The number of rotatable bonds is 4. The SMILES string of the molecule is CC(C)(N)CC/C=C/C1CCCC1. The van der Waals surface area contributed by atoms with Crippen molar-refractivity contribution >= 4 is 0 Å². The highest BCUT2D eigenvalue weighted by molar-refractivity contribution is 4.92. The standard InChI is InChI=1S/C12H23N/c1-12(2,13)10-6-5-9-11-7-3-4-8-11/h5,9,11H,3-4,6-8,10,13H2,1-2H3/b9-5+. The molecule has 0 unspecified atom stereocenters. The molecule has 0 bridgehead atoms. The van der Waals surface area contributed by atoms with Crippen molar-refractivity contribution in [3.63, 3.8) is 0 Å². The minimum atomic E-state index is 0.0000158. The van der Waals surface area contributed by atoms with Gasteiger partial charge in [-0.15, -0.1) is 0 Å². The molecule has 0 spiro atoms. The maximum Gasteiger partial charge on any atom is 0.01000 e. The monoisotopic (exact) mass is 181 g/mol. The van der Waals surface area contributed by atoms with E-state index in [0.717, 1.165) is 18.8 Å². The van der Waals surface area contributed by atoms with Crippen molar-refractivity contribution in [3.8, 4) is 0 Å². The lowest BCUT2D eigenvalue weighted by Crippen LogP contribution is -2.31. The summed E-state index contributed by atoms with van der Waals surface area (Å²) in [6.45, 7) is 4.19. The molecular formula is C12H23N. The summed E-state index contributed by atoms with van der Waals surface area (Å²) in [5.74, 6) is 0.876. The van der Waals surface area contributed by atoms with Gasteiger partial charge in [0.05, 0.1) is 0 Å². The van der Waals surface area contributed by atoms with Crippen molar-refractivity contribution in [2.24, 2.45) is 11.7 Å². The summed E-state index contributed by atoms with van der Waals surface area (Å²) in [4.78, 5) is 0. The van der Waals surface area contributed by atoms with Crippen LogP contribution in [0.1, 0.15) is 52.4 Å². The molecular weight excluding hydrogens is 158 g/mol. The van der Waals surface area contributed by atoms with Crippen LogP contribution in [0.4, 0.5) is 0 Å². The molecule has 76 valence electrons. The Hall–Kier alpha value is -0.300. The third-order valence-electron chi connectivity index (χ3n) is 2.76. The highest BCUT2D eigenvalue weighted by Gasteiger charge is 2.11. The molecule has 0 radical (unpaired) electrons. The van der Waals surface area contributed by atoms with E-state index in [4.69, 9.17) is 5.73 Å². The van der Waals surface area contributed by atoms with Gasteiger partial charge in [-0.05, 0) is 45.4 Å². The third kappa shape index (κ3) is 5.09. The van der Waals surface area contributed by atoms with Crippen LogP contribution >= 0.6 is 0 Å². The molecule has 1 nitrogen and oxygen atoms in total. The lowest BCUT2D eigenvalue weighted by atomic mass is 9.99. The zero-order valence-corrected chi connectivity index (χ0v) is 9.05. The first-order valence-electron chi connectivity index (χ1n) is 5.53. The maximum atomic E-state index is 5.90. The second kappa shape index (κ2) is 4.80. The van der Waals surface area contributed by atoms with Gasteiger partial charge in [0.1, 0.15) is 0 Å². The van der Waals surface area contributed by atoms with E-state index in [1.54, 1.807) is 0 Å². The number of nitrogens with two attached hydrogens (primary N) is 1. The highest BCUT2D eigenvalue weighted by Crippen LogP contribution is 2.25. The second-order valence-electron chi connectivity index (χ2n) is 5.00. The van der Waals surface area contributed by atoms with Gasteiger partial charge in [0.2, 0.25) is 0 Å². The Morgan fingerprint density at radius 3 is 2.46 bits per heavy atom. The quantitative estimate of drug-likeness (QED) is 0.662. The van der Waals surface area contributed by atoms with E-state index in [1.807, 2.05) is 0 Å². The fourth-order valence-electron chi connectivity index (χ4n) is 1.89.